The normalized spacial score (nSPS) is 11.8. The van der Waals surface area contributed by atoms with Gasteiger partial charge in [-0.05, 0) is 18.2 Å². The molecule has 0 saturated carbocycles. The van der Waals surface area contributed by atoms with Crippen molar-refractivity contribution in [1.29, 1.82) is 0 Å². The zero-order valence-electron chi connectivity index (χ0n) is 12.8. The number of ether oxygens (including phenoxy) is 1. The van der Waals surface area contributed by atoms with Gasteiger partial charge < -0.3 is 10.1 Å². The Hall–Kier alpha value is -2.49. The predicted octanol–water partition coefficient (Wildman–Crippen LogP) is 2.54. The van der Waals surface area contributed by atoms with Gasteiger partial charge in [-0.1, -0.05) is 6.07 Å². The molecule has 0 saturated heterocycles. The van der Waals surface area contributed by atoms with Crippen LogP contribution >= 0.6 is 0 Å². The molecule has 1 aromatic heterocycles. The lowest BCUT2D eigenvalue weighted by Crippen LogP contribution is -2.35. The molecule has 0 aliphatic carbocycles. The Labute approximate surface area is 139 Å². The van der Waals surface area contributed by atoms with Crippen LogP contribution in [0.3, 0.4) is 0 Å². The fourth-order valence-corrected chi connectivity index (χ4v) is 1.81. The van der Waals surface area contributed by atoms with Crippen LogP contribution < -0.4 is 5.32 Å². The highest BCUT2D eigenvalue weighted by Gasteiger charge is 2.41. The number of carbonyl (C=O) groups is 1. The summed E-state index contributed by atoms with van der Waals surface area (Å²) < 4.78 is 67.9. The summed E-state index contributed by atoms with van der Waals surface area (Å²) in [6, 6.07) is 5.70. The molecule has 0 bridgehead atoms. The lowest BCUT2D eigenvalue weighted by molar-refractivity contribution is -0.168. The summed E-state index contributed by atoms with van der Waals surface area (Å²) in [6.07, 6.45) is -0.887. The molecule has 0 unspecified atom stereocenters. The molecule has 25 heavy (non-hydrogen) atoms. The first-order chi connectivity index (χ1) is 11.8. The van der Waals surface area contributed by atoms with E-state index in [9.17, 15) is 26.7 Å². The molecule has 1 N–H and O–H groups in total. The highest BCUT2D eigenvalue weighted by atomic mass is 19.3. The molecule has 1 amide bonds. The van der Waals surface area contributed by atoms with Gasteiger partial charge in [-0.25, -0.2) is 17.9 Å². The summed E-state index contributed by atoms with van der Waals surface area (Å²) in [7, 11) is 0. The van der Waals surface area contributed by atoms with Crippen molar-refractivity contribution in [3.63, 3.8) is 0 Å². The second kappa shape index (κ2) is 8.06. The quantitative estimate of drug-likeness (QED) is 0.734. The van der Waals surface area contributed by atoms with E-state index in [-0.39, 0.29) is 6.54 Å². The number of amides is 1. The van der Waals surface area contributed by atoms with Crippen LogP contribution in [0.25, 0.3) is 5.69 Å². The van der Waals surface area contributed by atoms with E-state index >= 15 is 0 Å². The van der Waals surface area contributed by atoms with Gasteiger partial charge in [0.1, 0.15) is 19.0 Å². The average molecular weight is 363 g/mol. The first kappa shape index (κ1) is 18.8. The Morgan fingerprint density at radius 1 is 1.36 bits per heavy atom. The Morgan fingerprint density at radius 3 is 2.80 bits per heavy atom. The van der Waals surface area contributed by atoms with Crippen LogP contribution in [0, 0.1) is 5.82 Å². The molecule has 2 rings (SSSR count). The van der Waals surface area contributed by atoms with Crippen LogP contribution in [-0.4, -0.2) is 41.2 Å². The number of alkyl halides is 4. The van der Waals surface area contributed by atoms with E-state index in [0.29, 0.717) is 11.3 Å². The van der Waals surface area contributed by atoms with Crippen molar-refractivity contribution < 1.29 is 31.5 Å². The van der Waals surface area contributed by atoms with Gasteiger partial charge in [-0.15, -0.1) is 0 Å². The number of hydrogen-bond donors (Lipinski definition) is 1. The van der Waals surface area contributed by atoms with Gasteiger partial charge in [0.05, 0.1) is 11.9 Å². The number of nitrogens with zero attached hydrogens (tertiary/aromatic N) is 2. The Kier molecular flexibility index (Phi) is 6.07. The minimum absolute atomic E-state index is 0.0166. The number of rotatable bonds is 8. The number of aromatic nitrogens is 2. The summed E-state index contributed by atoms with van der Waals surface area (Å²) in [4.78, 5) is 11.4. The van der Waals surface area contributed by atoms with Crippen LogP contribution in [0.5, 0.6) is 0 Å². The van der Waals surface area contributed by atoms with Crippen LogP contribution in [0.15, 0.2) is 36.7 Å². The largest absolute Gasteiger partial charge is 0.365 e. The molecule has 1 heterocycles. The Morgan fingerprint density at radius 2 is 2.12 bits per heavy atom. The number of halogens is 5. The summed E-state index contributed by atoms with van der Waals surface area (Å²) in [5.41, 5.74) is 1.05. The number of nitrogens with one attached hydrogen (secondary N) is 1. The van der Waals surface area contributed by atoms with E-state index in [2.05, 4.69) is 15.2 Å². The van der Waals surface area contributed by atoms with E-state index in [4.69, 9.17) is 0 Å². The van der Waals surface area contributed by atoms with Crippen molar-refractivity contribution in [2.24, 2.45) is 0 Å². The van der Waals surface area contributed by atoms with Gasteiger partial charge in [-0.2, -0.15) is 13.9 Å². The topological polar surface area (TPSA) is 56.1 Å². The summed E-state index contributed by atoms with van der Waals surface area (Å²) >= 11 is 0. The molecule has 2 aromatic rings. The van der Waals surface area contributed by atoms with Crippen molar-refractivity contribution in [2.45, 2.75) is 18.9 Å². The van der Waals surface area contributed by atoms with Crippen molar-refractivity contribution in [2.75, 3.05) is 13.2 Å². The summed E-state index contributed by atoms with van der Waals surface area (Å²) in [5, 5.41) is 6.37. The summed E-state index contributed by atoms with van der Waals surface area (Å²) in [6.45, 7) is -2.31. The maximum Gasteiger partial charge on any atom is 0.330 e. The fraction of sp³-hybridized carbons (Fsp3) is 0.333. The molecular weight excluding hydrogens is 349 g/mol. The van der Waals surface area contributed by atoms with Gasteiger partial charge >= 0.3 is 12.3 Å². The van der Waals surface area contributed by atoms with E-state index in [1.54, 1.807) is 12.3 Å². The van der Waals surface area contributed by atoms with E-state index in [0.717, 1.165) is 0 Å². The van der Waals surface area contributed by atoms with E-state index in [1.165, 1.54) is 29.1 Å². The number of hydrogen-bond acceptors (Lipinski definition) is 3. The molecule has 5 nitrogen and oxygen atoms in total. The molecule has 136 valence electrons. The molecule has 0 aliphatic heterocycles. The third kappa shape index (κ3) is 5.52. The van der Waals surface area contributed by atoms with Crippen LogP contribution in [0.1, 0.15) is 5.56 Å². The minimum atomic E-state index is -4.30. The highest BCUT2D eigenvalue weighted by Crippen LogP contribution is 2.22. The predicted molar refractivity (Wildman–Crippen MR) is 77.1 cm³/mol. The zero-order valence-corrected chi connectivity index (χ0v) is 12.8. The van der Waals surface area contributed by atoms with Crippen LogP contribution in [-0.2, 0) is 16.1 Å². The molecule has 0 fully saturated rings. The monoisotopic (exact) mass is 363 g/mol. The third-order valence-electron chi connectivity index (χ3n) is 3.05. The SMILES string of the molecule is O=C(COCC(F)(F)C(F)F)NCc1cnn(-c2cccc(F)c2)c1. The smallest absolute Gasteiger partial charge is 0.330 e. The minimum Gasteiger partial charge on any atom is -0.365 e. The maximum absolute atomic E-state index is 13.2. The fourth-order valence-electron chi connectivity index (χ4n) is 1.81. The van der Waals surface area contributed by atoms with Crippen molar-refractivity contribution in [3.05, 3.63) is 48.0 Å². The van der Waals surface area contributed by atoms with Crippen molar-refractivity contribution in [1.82, 2.24) is 15.1 Å². The van der Waals surface area contributed by atoms with Crippen LogP contribution in [0.4, 0.5) is 22.0 Å². The first-order valence-electron chi connectivity index (χ1n) is 7.08. The summed E-state index contributed by atoms with van der Waals surface area (Å²) in [5.74, 6) is -5.48. The lowest BCUT2D eigenvalue weighted by Gasteiger charge is -2.14. The molecule has 10 heteroatoms. The zero-order chi connectivity index (χ0) is 18.4. The number of benzene rings is 1. The van der Waals surface area contributed by atoms with Gasteiger partial charge in [0.2, 0.25) is 5.91 Å². The van der Waals surface area contributed by atoms with Gasteiger partial charge in [-0.3, -0.25) is 4.79 Å². The average Bonchev–Trinajstić information content (AvgIpc) is 3.01. The van der Waals surface area contributed by atoms with E-state index in [1.807, 2.05) is 0 Å². The molecule has 0 radical (unpaired) electrons. The van der Waals surface area contributed by atoms with Crippen molar-refractivity contribution in [3.8, 4) is 5.69 Å². The second-order valence-corrected chi connectivity index (χ2v) is 5.10. The molecule has 0 spiro atoms. The van der Waals surface area contributed by atoms with Gasteiger partial charge in [0.25, 0.3) is 0 Å². The third-order valence-corrected chi connectivity index (χ3v) is 3.05. The highest BCUT2D eigenvalue weighted by molar-refractivity contribution is 5.77. The molecule has 0 aliphatic rings. The first-order valence-corrected chi connectivity index (χ1v) is 7.08. The standard InChI is InChI=1S/C15H14F5N3O2/c16-11-2-1-3-12(4-11)23-7-10(6-22-23)5-21-13(24)8-25-9-15(19,20)14(17)18/h1-4,6-7,14H,5,8-9H2,(H,21,24). The Balaban J connectivity index is 1.79. The molecule has 1 aromatic carbocycles. The molecule has 0 atom stereocenters. The van der Waals surface area contributed by atoms with Crippen molar-refractivity contribution >= 4 is 5.91 Å². The number of carbonyl (C=O) groups excluding carboxylic acids is 1. The van der Waals surface area contributed by atoms with Crippen LogP contribution in [0.2, 0.25) is 0 Å². The lowest BCUT2D eigenvalue weighted by atomic mass is 10.3. The second-order valence-electron chi connectivity index (χ2n) is 5.10. The Bertz CT molecular complexity index is 721. The van der Waals surface area contributed by atoms with E-state index < -0.39 is 37.3 Å². The van der Waals surface area contributed by atoms with Gasteiger partial charge in [0.15, 0.2) is 0 Å². The van der Waals surface area contributed by atoms with Gasteiger partial charge in [0, 0.05) is 18.3 Å². The maximum atomic E-state index is 13.2. The molecular formula is C15H14F5N3O2.